The van der Waals surface area contributed by atoms with Crippen LogP contribution < -0.4 is 10.6 Å². The minimum atomic E-state index is -0.0763. The van der Waals surface area contributed by atoms with Gasteiger partial charge < -0.3 is 10.6 Å². The summed E-state index contributed by atoms with van der Waals surface area (Å²) in [5.41, 5.74) is 2.77. The van der Waals surface area contributed by atoms with E-state index in [4.69, 9.17) is 11.6 Å². The highest BCUT2D eigenvalue weighted by molar-refractivity contribution is 6.34. The summed E-state index contributed by atoms with van der Waals surface area (Å²) in [5, 5.41) is 6.47. The van der Waals surface area contributed by atoms with E-state index in [1.165, 1.54) is 0 Å². The van der Waals surface area contributed by atoms with Crippen LogP contribution in [0.4, 0.5) is 5.69 Å². The van der Waals surface area contributed by atoms with Gasteiger partial charge in [0.1, 0.15) is 0 Å². The van der Waals surface area contributed by atoms with Crippen LogP contribution in [0, 0.1) is 13.8 Å². The smallest absolute Gasteiger partial charge is 0.238 e. The van der Waals surface area contributed by atoms with Gasteiger partial charge in [-0.3, -0.25) is 4.79 Å². The maximum atomic E-state index is 11.7. The van der Waals surface area contributed by atoms with E-state index in [-0.39, 0.29) is 11.9 Å². The Balaban J connectivity index is 2.72. The molecule has 0 fully saturated rings. The van der Waals surface area contributed by atoms with Crippen molar-refractivity contribution in [1.29, 1.82) is 0 Å². The molecule has 3 nitrogen and oxygen atoms in total. The quantitative estimate of drug-likeness (QED) is 0.868. The second-order valence-electron chi connectivity index (χ2n) is 4.52. The highest BCUT2D eigenvalue weighted by Crippen LogP contribution is 2.27. The molecule has 0 heterocycles. The fourth-order valence-corrected chi connectivity index (χ4v) is 1.92. The Hall–Kier alpha value is -1.06. The maximum Gasteiger partial charge on any atom is 0.238 e. The zero-order chi connectivity index (χ0) is 13.0. The van der Waals surface area contributed by atoms with Crippen LogP contribution in [0.2, 0.25) is 5.02 Å². The molecule has 0 aliphatic heterocycles. The van der Waals surface area contributed by atoms with E-state index >= 15 is 0 Å². The minimum Gasteiger partial charge on any atom is -0.323 e. The Kier molecular flexibility index (Phi) is 4.97. The van der Waals surface area contributed by atoms with Crippen molar-refractivity contribution in [3.63, 3.8) is 0 Å². The predicted octanol–water partition coefficient (Wildman–Crippen LogP) is 2.89. The summed E-state index contributed by atoms with van der Waals surface area (Å²) in [6.45, 7) is 8.20. The summed E-state index contributed by atoms with van der Waals surface area (Å²) in [4.78, 5) is 11.7. The molecule has 94 valence electrons. The highest BCUT2D eigenvalue weighted by Gasteiger charge is 2.09. The topological polar surface area (TPSA) is 41.1 Å². The average Bonchev–Trinajstić information content (AvgIpc) is 2.20. The zero-order valence-electron chi connectivity index (χ0n) is 10.7. The van der Waals surface area contributed by atoms with Crippen molar-refractivity contribution in [2.24, 2.45) is 0 Å². The molecular formula is C13H19ClN2O. The number of amides is 1. The van der Waals surface area contributed by atoms with Gasteiger partial charge in [-0.25, -0.2) is 0 Å². The molecule has 0 atom stereocenters. The maximum absolute atomic E-state index is 11.7. The Morgan fingerprint density at radius 3 is 2.53 bits per heavy atom. The Morgan fingerprint density at radius 1 is 1.35 bits per heavy atom. The lowest BCUT2D eigenvalue weighted by Gasteiger charge is -2.13. The summed E-state index contributed by atoms with van der Waals surface area (Å²) in [5.74, 6) is -0.0763. The van der Waals surface area contributed by atoms with E-state index in [0.717, 1.165) is 11.1 Å². The van der Waals surface area contributed by atoms with Crippen molar-refractivity contribution in [2.45, 2.75) is 33.7 Å². The van der Waals surface area contributed by atoms with Gasteiger partial charge in [-0.2, -0.15) is 0 Å². The average molecular weight is 255 g/mol. The lowest BCUT2D eigenvalue weighted by atomic mass is 10.1. The van der Waals surface area contributed by atoms with Crippen molar-refractivity contribution in [2.75, 3.05) is 11.9 Å². The van der Waals surface area contributed by atoms with Crippen molar-refractivity contribution in [3.8, 4) is 0 Å². The summed E-state index contributed by atoms with van der Waals surface area (Å²) in [7, 11) is 0. The van der Waals surface area contributed by atoms with Gasteiger partial charge in [0.25, 0.3) is 0 Å². The molecule has 0 spiro atoms. The Bertz CT molecular complexity index is 393. The van der Waals surface area contributed by atoms with Crippen LogP contribution in [-0.4, -0.2) is 18.5 Å². The van der Waals surface area contributed by atoms with Crippen LogP contribution in [0.25, 0.3) is 0 Å². The second kappa shape index (κ2) is 6.03. The van der Waals surface area contributed by atoms with Crippen LogP contribution in [0.1, 0.15) is 25.0 Å². The molecule has 17 heavy (non-hydrogen) atoms. The lowest BCUT2D eigenvalue weighted by molar-refractivity contribution is -0.115. The van der Waals surface area contributed by atoms with E-state index in [2.05, 4.69) is 10.6 Å². The third-order valence-corrected chi connectivity index (χ3v) is 2.67. The van der Waals surface area contributed by atoms with Gasteiger partial charge >= 0.3 is 0 Å². The van der Waals surface area contributed by atoms with Gasteiger partial charge in [-0.1, -0.05) is 31.5 Å². The number of halogens is 1. The van der Waals surface area contributed by atoms with Crippen LogP contribution >= 0.6 is 11.6 Å². The fraction of sp³-hybridized carbons (Fsp3) is 0.462. The molecule has 1 aromatic carbocycles. The van der Waals surface area contributed by atoms with E-state index in [1.54, 1.807) is 0 Å². The summed E-state index contributed by atoms with van der Waals surface area (Å²) >= 11 is 6.11. The Labute approximate surface area is 108 Å². The monoisotopic (exact) mass is 254 g/mol. The molecule has 2 N–H and O–H groups in total. The molecule has 0 unspecified atom stereocenters. The highest BCUT2D eigenvalue weighted by atomic mass is 35.5. The first-order chi connectivity index (χ1) is 7.90. The van der Waals surface area contributed by atoms with E-state index in [1.807, 2.05) is 39.8 Å². The van der Waals surface area contributed by atoms with Gasteiger partial charge in [0, 0.05) is 6.04 Å². The summed E-state index contributed by atoms with van der Waals surface area (Å²) in [6, 6.07) is 4.13. The molecule has 0 radical (unpaired) electrons. The van der Waals surface area contributed by atoms with Gasteiger partial charge in [-0.05, 0) is 31.0 Å². The number of anilines is 1. The second-order valence-corrected chi connectivity index (χ2v) is 4.93. The molecule has 0 aliphatic carbocycles. The van der Waals surface area contributed by atoms with Crippen molar-refractivity contribution in [3.05, 3.63) is 28.3 Å². The molecule has 0 saturated heterocycles. The lowest BCUT2D eigenvalue weighted by Crippen LogP contribution is -2.32. The summed E-state index contributed by atoms with van der Waals surface area (Å²) in [6.07, 6.45) is 0. The molecular weight excluding hydrogens is 236 g/mol. The summed E-state index contributed by atoms with van der Waals surface area (Å²) < 4.78 is 0. The van der Waals surface area contributed by atoms with Crippen LogP contribution in [-0.2, 0) is 4.79 Å². The number of carbonyl (C=O) groups excluding carboxylic acids is 1. The minimum absolute atomic E-state index is 0.0763. The number of benzene rings is 1. The van der Waals surface area contributed by atoms with E-state index in [9.17, 15) is 4.79 Å². The number of carbonyl (C=O) groups is 1. The fourth-order valence-electron chi connectivity index (χ4n) is 1.55. The predicted molar refractivity (Wildman–Crippen MR) is 72.7 cm³/mol. The number of nitrogens with one attached hydrogen (secondary N) is 2. The van der Waals surface area contributed by atoms with Crippen LogP contribution in [0.3, 0.4) is 0 Å². The SMILES string of the molecule is Cc1cc(C)c(NC(=O)CNC(C)C)c(Cl)c1. The van der Waals surface area contributed by atoms with Gasteiger partial charge in [0.05, 0.1) is 17.3 Å². The molecule has 1 amide bonds. The third kappa shape index (κ3) is 4.36. The number of hydrogen-bond acceptors (Lipinski definition) is 2. The molecule has 0 bridgehead atoms. The first kappa shape index (κ1) is 14.0. The Morgan fingerprint density at radius 2 is 2.00 bits per heavy atom. The van der Waals surface area contributed by atoms with Crippen LogP contribution in [0.15, 0.2) is 12.1 Å². The van der Waals surface area contributed by atoms with Crippen molar-refractivity contribution >= 4 is 23.2 Å². The van der Waals surface area contributed by atoms with Crippen molar-refractivity contribution in [1.82, 2.24) is 5.32 Å². The molecule has 0 saturated carbocycles. The van der Waals surface area contributed by atoms with Gasteiger partial charge in [0.2, 0.25) is 5.91 Å². The van der Waals surface area contributed by atoms with Gasteiger partial charge in [0.15, 0.2) is 0 Å². The van der Waals surface area contributed by atoms with Gasteiger partial charge in [-0.15, -0.1) is 0 Å². The zero-order valence-corrected chi connectivity index (χ0v) is 11.5. The third-order valence-electron chi connectivity index (χ3n) is 2.37. The molecule has 1 rings (SSSR count). The normalized spacial score (nSPS) is 10.7. The molecule has 0 aromatic heterocycles. The molecule has 0 aliphatic rings. The number of aryl methyl sites for hydroxylation is 2. The number of hydrogen-bond donors (Lipinski definition) is 2. The molecule has 1 aromatic rings. The van der Waals surface area contributed by atoms with Crippen molar-refractivity contribution < 1.29 is 4.79 Å². The molecule has 4 heteroatoms. The number of rotatable bonds is 4. The standard InChI is InChI=1S/C13H19ClN2O/c1-8(2)15-7-12(17)16-13-10(4)5-9(3)6-11(13)14/h5-6,8,15H,7H2,1-4H3,(H,16,17). The first-order valence-corrected chi connectivity index (χ1v) is 6.08. The first-order valence-electron chi connectivity index (χ1n) is 5.70. The van der Waals surface area contributed by atoms with Crippen LogP contribution in [0.5, 0.6) is 0 Å². The van der Waals surface area contributed by atoms with E-state index < -0.39 is 0 Å². The van der Waals surface area contributed by atoms with E-state index in [0.29, 0.717) is 17.3 Å². The largest absolute Gasteiger partial charge is 0.323 e.